The highest BCUT2D eigenvalue weighted by atomic mass is 32.2. The molecule has 8 nitrogen and oxygen atoms in total. The summed E-state index contributed by atoms with van der Waals surface area (Å²) >= 11 is 0. The van der Waals surface area contributed by atoms with Crippen molar-refractivity contribution in [2.45, 2.75) is 38.8 Å². The number of sulfonamides is 1. The van der Waals surface area contributed by atoms with Gasteiger partial charge in [-0.05, 0) is 49.2 Å². The van der Waals surface area contributed by atoms with Gasteiger partial charge in [-0.15, -0.1) is 0 Å². The molecule has 1 N–H and O–H groups in total. The van der Waals surface area contributed by atoms with Crippen LogP contribution in [0.25, 0.3) is 0 Å². The van der Waals surface area contributed by atoms with Crippen molar-refractivity contribution in [2.75, 3.05) is 30.8 Å². The molecule has 0 aliphatic heterocycles. The Morgan fingerprint density at radius 1 is 0.975 bits per heavy atom. The van der Waals surface area contributed by atoms with E-state index in [4.69, 9.17) is 4.74 Å². The lowest BCUT2D eigenvalue weighted by molar-refractivity contribution is -0.141. The average molecular weight is 570 g/mol. The van der Waals surface area contributed by atoms with Crippen molar-refractivity contribution in [3.63, 3.8) is 0 Å². The summed E-state index contributed by atoms with van der Waals surface area (Å²) in [7, 11) is -2.14. The topological polar surface area (TPSA) is 96.0 Å². The second-order valence-electron chi connectivity index (χ2n) is 9.30. The molecule has 0 unspecified atom stereocenters. The first-order valence-electron chi connectivity index (χ1n) is 13.1. The zero-order valence-corrected chi connectivity index (χ0v) is 23.9. The maximum Gasteiger partial charge on any atom is 0.242 e. The molecule has 0 aliphatic rings. The van der Waals surface area contributed by atoms with E-state index in [-0.39, 0.29) is 49.7 Å². The second kappa shape index (κ2) is 14.5. The number of carbonyl (C=O) groups is 2. The summed E-state index contributed by atoms with van der Waals surface area (Å²) in [6.45, 7) is 2.29. The van der Waals surface area contributed by atoms with E-state index in [2.05, 4.69) is 5.32 Å². The molecule has 10 heteroatoms. The molecule has 0 spiro atoms. The molecular weight excluding hydrogens is 533 g/mol. The molecule has 214 valence electrons. The van der Waals surface area contributed by atoms with E-state index in [1.807, 2.05) is 37.3 Å². The van der Waals surface area contributed by atoms with Crippen LogP contribution >= 0.6 is 0 Å². The Labute approximate surface area is 235 Å². The molecule has 0 aromatic heterocycles. The van der Waals surface area contributed by atoms with Crippen molar-refractivity contribution in [3.8, 4) is 5.75 Å². The van der Waals surface area contributed by atoms with Crippen LogP contribution in [0, 0.1) is 5.82 Å². The SMILES string of the molecule is CCOc1ccc(N(CCCC(=O)N(Cc2ccccc2F)[C@H](Cc2ccccc2)C(=O)NC)S(C)(=O)=O)cc1. The fourth-order valence-electron chi connectivity index (χ4n) is 4.41. The maximum absolute atomic E-state index is 14.6. The summed E-state index contributed by atoms with van der Waals surface area (Å²) in [4.78, 5) is 28.0. The first-order valence-corrected chi connectivity index (χ1v) is 15.0. The number of anilines is 1. The minimum Gasteiger partial charge on any atom is -0.494 e. The molecule has 40 heavy (non-hydrogen) atoms. The number of benzene rings is 3. The van der Waals surface area contributed by atoms with E-state index in [0.29, 0.717) is 18.0 Å². The van der Waals surface area contributed by atoms with Crippen molar-refractivity contribution >= 4 is 27.5 Å². The number of hydrogen-bond donors (Lipinski definition) is 1. The molecule has 1 atom stereocenters. The van der Waals surface area contributed by atoms with E-state index in [1.165, 1.54) is 22.3 Å². The van der Waals surface area contributed by atoms with Gasteiger partial charge in [0.25, 0.3) is 0 Å². The normalized spacial score (nSPS) is 11.9. The predicted octanol–water partition coefficient (Wildman–Crippen LogP) is 4.16. The minimum absolute atomic E-state index is 0.0419. The van der Waals surface area contributed by atoms with Crippen LogP contribution in [0.3, 0.4) is 0 Å². The summed E-state index contributed by atoms with van der Waals surface area (Å²) in [5.41, 5.74) is 1.58. The van der Waals surface area contributed by atoms with Crippen LogP contribution in [0.5, 0.6) is 5.75 Å². The Balaban J connectivity index is 1.83. The third kappa shape index (κ3) is 8.54. The number of carbonyl (C=O) groups excluding carboxylic acids is 2. The van der Waals surface area contributed by atoms with Gasteiger partial charge in [0.05, 0.1) is 18.6 Å². The lowest BCUT2D eigenvalue weighted by Gasteiger charge is -2.31. The number of amides is 2. The molecule has 3 aromatic carbocycles. The van der Waals surface area contributed by atoms with Crippen molar-refractivity contribution in [3.05, 3.63) is 95.8 Å². The van der Waals surface area contributed by atoms with Gasteiger partial charge in [-0.3, -0.25) is 13.9 Å². The van der Waals surface area contributed by atoms with E-state index in [1.54, 1.807) is 42.5 Å². The van der Waals surface area contributed by atoms with Crippen molar-refractivity contribution in [1.82, 2.24) is 10.2 Å². The van der Waals surface area contributed by atoms with Crippen LogP contribution in [0.1, 0.15) is 30.9 Å². The lowest BCUT2D eigenvalue weighted by atomic mass is 10.0. The van der Waals surface area contributed by atoms with Gasteiger partial charge in [0.15, 0.2) is 0 Å². The van der Waals surface area contributed by atoms with E-state index >= 15 is 0 Å². The minimum atomic E-state index is -3.64. The molecule has 2 amide bonds. The molecule has 0 radical (unpaired) electrons. The third-order valence-corrected chi connectivity index (χ3v) is 7.60. The summed E-state index contributed by atoms with van der Waals surface area (Å²) in [6, 6.07) is 21.2. The van der Waals surface area contributed by atoms with E-state index in [9.17, 15) is 22.4 Å². The molecule has 0 heterocycles. The zero-order chi connectivity index (χ0) is 29.1. The molecule has 0 fully saturated rings. The summed E-state index contributed by atoms with van der Waals surface area (Å²) in [5, 5.41) is 2.63. The lowest BCUT2D eigenvalue weighted by Crippen LogP contribution is -2.50. The number of nitrogens with zero attached hydrogens (tertiary/aromatic N) is 2. The van der Waals surface area contributed by atoms with Gasteiger partial charge in [0.1, 0.15) is 17.6 Å². The molecule has 3 aromatic rings. The summed E-state index contributed by atoms with van der Waals surface area (Å²) in [6.07, 6.45) is 1.50. The van der Waals surface area contributed by atoms with Crippen LogP contribution < -0.4 is 14.4 Å². The van der Waals surface area contributed by atoms with Gasteiger partial charge in [0, 0.05) is 38.5 Å². The Morgan fingerprint density at radius 2 is 1.62 bits per heavy atom. The van der Waals surface area contributed by atoms with Crippen molar-refractivity contribution in [2.24, 2.45) is 0 Å². The quantitative estimate of drug-likeness (QED) is 0.315. The predicted molar refractivity (Wildman–Crippen MR) is 154 cm³/mol. The van der Waals surface area contributed by atoms with Gasteiger partial charge in [-0.2, -0.15) is 0 Å². The fraction of sp³-hybridized carbons (Fsp3) is 0.333. The third-order valence-electron chi connectivity index (χ3n) is 6.40. The molecule has 0 bridgehead atoms. The Hall–Kier alpha value is -3.92. The highest BCUT2D eigenvalue weighted by molar-refractivity contribution is 7.92. The van der Waals surface area contributed by atoms with Gasteiger partial charge < -0.3 is 15.0 Å². The van der Waals surface area contributed by atoms with Crippen LogP contribution in [-0.4, -0.2) is 57.6 Å². The van der Waals surface area contributed by atoms with E-state index in [0.717, 1.165) is 11.8 Å². The van der Waals surface area contributed by atoms with Crippen LogP contribution in [0.2, 0.25) is 0 Å². The Morgan fingerprint density at radius 3 is 2.23 bits per heavy atom. The van der Waals surface area contributed by atoms with Crippen LogP contribution in [0.15, 0.2) is 78.9 Å². The number of rotatable bonds is 14. The monoisotopic (exact) mass is 569 g/mol. The molecule has 0 saturated carbocycles. The zero-order valence-electron chi connectivity index (χ0n) is 23.0. The van der Waals surface area contributed by atoms with Gasteiger partial charge in [-0.25, -0.2) is 12.8 Å². The first-order chi connectivity index (χ1) is 19.1. The molecule has 0 saturated heterocycles. The fourth-order valence-corrected chi connectivity index (χ4v) is 5.38. The summed E-state index contributed by atoms with van der Waals surface area (Å²) < 4.78 is 46.4. The number of ether oxygens (including phenoxy) is 1. The number of hydrogen-bond acceptors (Lipinski definition) is 5. The van der Waals surface area contributed by atoms with Gasteiger partial charge in [0.2, 0.25) is 21.8 Å². The number of likely N-dealkylation sites (N-methyl/N-ethyl adjacent to an activating group) is 1. The highest BCUT2D eigenvalue weighted by Crippen LogP contribution is 2.23. The van der Waals surface area contributed by atoms with Crippen molar-refractivity contribution in [1.29, 1.82) is 0 Å². The smallest absolute Gasteiger partial charge is 0.242 e. The van der Waals surface area contributed by atoms with Gasteiger partial charge in [-0.1, -0.05) is 48.5 Å². The number of halogens is 1. The number of nitrogens with one attached hydrogen (secondary N) is 1. The van der Waals surface area contributed by atoms with E-state index < -0.39 is 21.9 Å². The molecule has 0 aliphatic carbocycles. The average Bonchev–Trinajstić information content (AvgIpc) is 2.94. The second-order valence-corrected chi connectivity index (χ2v) is 11.2. The largest absolute Gasteiger partial charge is 0.494 e. The molecule has 3 rings (SSSR count). The standard InChI is InChI=1S/C30H36FN3O5S/c1-4-39-26-18-16-25(17-19-26)34(40(3,37)38)20-10-15-29(35)33(22-24-13-8-9-14-27(24)31)28(30(36)32-2)21-23-11-6-5-7-12-23/h5-9,11-14,16-19,28H,4,10,15,20-22H2,1-3H3,(H,32,36)/t28-/m1/s1. The first kappa shape index (κ1) is 30.6. The van der Waals surface area contributed by atoms with Crippen molar-refractivity contribution < 1.29 is 27.1 Å². The van der Waals surface area contributed by atoms with Crippen LogP contribution in [-0.2, 0) is 32.6 Å². The Kier molecular flexibility index (Phi) is 11.1. The van der Waals surface area contributed by atoms with Crippen LogP contribution in [0.4, 0.5) is 10.1 Å². The Bertz CT molecular complexity index is 1370. The molecular formula is C30H36FN3O5S. The maximum atomic E-state index is 14.6. The van der Waals surface area contributed by atoms with Gasteiger partial charge >= 0.3 is 0 Å². The highest BCUT2D eigenvalue weighted by Gasteiger charge is 2.30. The summed E-state index contributed by atoms with van der Waals surface area (Å²) in [5.74, 6) is -0.611.